The number of carbonyl (C=O) groups is 2. The standard InChI is InChI=1S/C9H14N6O2/c1-6(16)10-7-3-2-4-15(5-7)9(17)8-11-13-14-12-8/h7H,2-5H2,1H3,(H,10,16)(H,11,12,13,14). The molecule has 0 aromatic carbocycles. The molecule has 1 atom stereocenters. The van der Waals surface area contributed by atoms with Gasteiger partial charge in [-0.3, -0.25) is 9.59 Å². The zero-order valence-electron chi connectivity index (χ0n) is 9.51. The quantitative estimate of drug-likeness (QED) is 0.683. The smallest absolute Gasteiger partial charge is 0.295 e. The minimum Gasteiger partial charge on any atom is -0.352 e. The summed E-state index contributed by atoms with van der Waals surface area (Å²) in [4.78, 5) is 24.5. The van der Waals surface area contributed by atoms with Crippen LogP contribution in [-0.2, 0) is 4.79 Å². The molecule has 1 fully saturated rings. The molecule has 0 aliphatic carbocycles. The van der Waals surface area contributed by atoms with Crippen molar-refractivity contribution >= 4 is 11.8 Å². The van der Waals surface area contributed by atoms with Crippen molar-refractivity contribution in [1.82, 2.24) is 30.8 Å². The number of carbonyl (C=O) groups excluding carboxylic acids is 2. The second kappa shape index (κ2) is 4.89. The topological polar surface area (TPSA) is 104 Å². The predicted octanol–water partition coefficient (Wildman–Crippen LogP) is -1.06. The lowest BCUT2D eigenvalue weighted by atomic mass is 10.1. The van der Waals surface area contributed by atoms with Crippen molar-refractivity contribution in [2.24, 2.45) is 0 Å². The number of rotatable bonds is 2. The SMILES string of the molecule is CC(=O)NC1CCCN(C(=O)c2nn[nH]n2)C1. The van der Waals surface area contributed by atoms with E-state index in [1.807, 2.05) is 0 Å². The molecule has 2 heterocycles. The van der Waals surface area contributed by atoms with Gasteiger partial charge >= 0.3 is 0 Å². The lowest BCUT2D eigenvalue weighted by Crippen LogP contribution is -2.49. The first-order valence-corrected chi connectivity index (χ1v) is 5.46. The van der Waals surface area contributed by atoms with Gasteiger partial charge in [-0.25, -0.2) is 0 Å². The molecule has 2 N–H and O–H groups in total. The number of H-pyrrole nitrogens is 1. The summed E-state index contributed by atoms with van der Waals surface area (Å²) in [5.41, 5.74) is 0. The van der Waals surface area contributed by atoms with E-state index < -0.39 is 0 Å². The van der Waals surface area contributed by atoms with Crippen molar-refractivity contribution in [3.8, 4) is 0 Å². The van der Waals surface area contributed by atoms with Gasteiger partial charge in [-0.05, 0) is 18.1 Å². The Hall–Kier alpha value is -1.99. The number of hydrogen-bond donors (Lipinski definition) is 2. The summed E-state index contributed by atoms with van der Waals surface area (Å²) in [6.07, 6.45) is 1.74. The van der Waals surface area contributed by atoms with E-state index in [-0.39, 0.29) is 23.7 Å². The molecule has 1 aliphatic heterocycles. The zero-order chi connectivity index (χ0) is 12.3. The Morgan fingerprint density at radius 3 is 3.00 bits per heavy atom. The van der Waals surface area contributed by atoms with Gasteiger partial charge < -0.3 is 10.2 Å². The largest absolute Gasteiger partial charge is 0.352 e. The third kappa shape index (κ3) is 2.77. The molecule has 1 aromatic rings. The number of aromatic nitrogens is 4. The first-order valence-electron chi connectivity index (χ1n) is 5.46. The number of nitrogens with one attached hydrogen (secondary N) is 2. The molecule has 0 radical (unpaired) electrons. The molecule has 8 nitrogen and oxygen atoms in total. The summed E-state index contributed by atoms with van der Waals surface area (Å²) in [5, 5.41) is 15.7. The van der Waals surface area contributed by atoms with Crippen LogP contribution in [0.3, 0.4) is 0 Å². The number of likely N-dealkylation sites (tertiary alicyclic amines) is 1. The lowest BCUT2D eigenvalue weighted by Gasteiger charge is -2.32. The average molecular weight is 238 g/mol. The Morgan fingerprint density at radius 1 is 1.53 bits per heavy atom. The molecule has 0 saturated carbocycles. The Morgan fingerprint density at radius 2 is 2.35 bits per heavy atom. The van der Waals surface area contributed by atoms with E-state index >= 15 is 0 Å². The van der Waals surface area contributed by atoms with Crippen molar-refractivity contribution in [1.29, 1.82) is 0 Å². The molecule has 2 rings (SSSR count). The Bertz CT molecular complexity index is 404. The highest BCUT2D eigenvalue weighted by Gasteiger charge is 2.26. The molecule has 0 spiro atoms. The Balaban J connectivity index is 1.97. The maximum absolute atomic E-state index is 11.9. The molecular weight excluding hydrogens is 224 g/mol. The van der Waals surface area contributed by atoms with Gasteiger partial charge in [0, 0.05) is 26.1 Å². The summed E-state index contributed by atoms with van der Waals surface area (Å²) in [5.74, 6) is -0.272. The van der Waals surface area contributed by atoms with Crippen LogP contribution in [0, 0.1) is 0 Å². The molecule has 1 unspecified atom stereocenters. The van der Waals surface area contributed by atoms with Crippen molar-refractivity contribution in [2.45, 2.75) is 25.8 Å². The normalized spacial score (nSPS) is 20.1. The average Bonchev–Trinajstić information content (AvgIpc) is 2.81. The van der Waals surface area contributed by atoms with Crippen LogP contribution >= 0.6 is 0 Å². The molecule has 1 aliphatic rings. The van der Waals surface area contributed by atoms with E-state index in [2.05, 4.69) is 25.9 Å². The van der Waals surface area contributed by atoms with Gasteiger partial charge in [0.05, 0.1) is 0 Å². The van der Waals surface area contributed by atoms with Crippen LogP contribution in [0.1, 0.15) is 30.4 Å². The maximum atomic E-state index is 11.9. The van der Waals surface area contributed by atoms with Gasteiger partial charge in [-0.1, -0.05) is 0 Å². The molecule has 2 amide bonds. The van der Waals surface area contributed by atoms with Crippen molar-refractivity contribution < 1.29 is 9.59 Å². The monoisotopic (exact) mass is 238 g/mol. The van der Waals surface area contributed by atoms with E-state index in [0.29, 0.717) is 13.1 Å². The van der Waals surface area contributed by atoms with Gasteiger partial charge in [-0.2, -0.15) is 5.21 Å². The fraction of sp³-hybridized carbons (Fsp3) is 0.667. The minimum absolute atomic E-state index is 0.0112. The Labute approximate surface area is 97.8 Å². The zero-order valence-corrected chi connectivity index (χ0v) is 9.51. The predicted molar refractivity (Wildman–Crippen MR) is 56.9 cm³/mol. The number of aromatic amines is 1. The molecule has 92 valence electrons. The third-order valence-electron chi connectivity index (χ3n) is 2.65. The van der Waals surface area contributed by atoms with E-state index in [0.717, 1.165) is 12.8 Å². The van der Waals surface area contributed by atoms with Crippen molar-refractivity contribution in [2.75, 3.05) is 13.1 Å². The van der Waals surface area contributed by atoms with Crippen LogP contribution in [-0.4, -0.2) is 56.5 Å². The lowest BCUT2D eigenvalue weighted by molar-refractivity contribution is -0.120. The minimum atomic E-state index is -0.256. The molecule has 8 heteroatoms. The van der Waals surface area contributed by atoms with Crippen LogP contribution < -0.4 is 5.32 Å². The Kier molecular flexibility index (Phi) is 3.31. The summed E-state index contributed by atoms with van der Waals surface area (Å²) in [7, 11) is 0. The third-order valence-corrected chi connectivity index (χ3v) is 2.65. The number of hydrogen-bond acceptors (Lipinski definition) is 5. The van der Waals surface area contributed by atoms with E-state index in [1.54, 1.807) is 4.90 Å². The highest BCUT2D eigenvalue weighted by molar-refractivity contribution is 5.90. The van der Waals surface area contributed by atoms with Crippen LogP contribution in [0.2, 0.25) is 0 Å². The van der Waals surface area contributed by atoms with Crippen LogP contribution in [0.25, 0.3) is 0 Å². The fourth-order valence-electron chi connectivity index (χ4n) is 1.96. The first-order chi connectivity index (χ1) is 8.16. The number of piperidine rings is 1. The van der Waals surface area contributed by atoms with Gasteiger partial charge in [0.2, 0.25) is 5.91 Å². The molecule has 1 saturated heterocycles. The number of amides is 2. The molecule has 1 aromatic heterocycles. The maximum Gasteiger partial charge on any atom is 0.295 e. The van der Waals surface area contributed by atoms with E-state index in [4.69, 9.17) is 0 Å². The highest BCUT2D eigenvalue weighted by Crippen LogP contribution is 2.11. The van der Waals surface area contributed by atoms with Gasteiger partial charge in [-0.15, -0.1) is 10.2 Å². The summed E-state index contributed by atoms with van der Waals surface area (Å²) in [6.45, 7) is 2.62. The van der Waals surface area contributed by atoms with Crippen molar-refractivity contribution in [3.63, 3.8) is 0 Å². The second-order valence-electron chi connectivity index (χ2n) is 4.03. The van der Waals surface area contributed by atoms with Gasteiger partial charge in [0.25, 0.3) is 11.7 Å². The summed E-state index contributed by atoms with van der Waals surface area (Å²) < 4.78 is 0. The first kappa shape index (κ1) is 11.5. The van der Waals surface area contributed by atoms with Crippen LogP contribution in [0.4, 0.5) is 0 Å². The van der Waals surface area contributed by atoms with Crippen LogP contribution in [0.5, 0.6) is 0 Å². The summed E-state index contributed by atoms with van der Waals surface area (Å²) in [6, 6.07) is 0.0112. The number of tetrazole rings is 1. The fourth-order valence-corrected chi connectivity index (χ4v) is 1.96. The van der Waals surface area contributed by atoms with Crippen molar-refractivity contribution in [3.05, 3.63) is 5.82 Å². The van der Waals surface area contributed by atoms with E-state index in [9.17, 15) is 9.59 Å². The highest BCUT2D eigenvalue weighted by atomic mass is 16.2. The van der Waals surface area contributed by atoms with Crippen LogP contribution in [0.15, 0.2) is 0 Å². The van der Waals surface area contributed by atoms with E-state index in [1.165, 1.54) is 6.92 Å². The molecule has 17 heavy (non-hydrogen) atoms. The van der Waals surface area contributed by atoms with Gasteiger partial charge in [0.15, 0.2) is 0 Å². The second-order valence-corrected chi connectivity index (χ2v) is 4.03. The molecule has 0 bridgehead atoms. The number of nitrogens with zero attached hydrogens (tertiary/aromatic N) is 4. The molecular formula is C9H14N6O2. The van der Waals surface area contributed by atoms with Gasteiger partial charge in [0.1, 0.15) is 0 Å². The summed E-state index contributed by atoms with van der Waals surface area (Å²) >= 11 is 0.